The van der Waals surface area contributed by atoms with Crippen LogP contribution in [-0.2, 0) is 24.7 Å². The van der Waals surface area contributed by atoms with E-state index >= 15 is 0 Å². The lowest BCUT2D eigenvalue weighted by Gasteiger charge is -2.31. The van der Waals surface area contributed by atoms with Crippen LogP contribution in [-0.4, -0.2) is 40.6 Å². The number of carbonyl (C=O) groups is 4. The van der Waals surface area contributed by atoms with Crippen LogP contribution in [0.2, 0.25) is 5.02 Å². The number of halogens is 1. The number of fused-ring (bicyclic) bond motifs is 4. The van der Waals surface area contributed by atoms with Gasteiger partial charge in [0.15, 0.2) is 0 Å². The second kappa shape index (κ2) is 6.81. The van der Waals surface area contributed by atoms with Crippen LogP contribution >= 0.6 is 11.6 Å². The number of amides is 4. The van der Waals surface area contributed by atoms with Crippen molar-refractivity contribution in [1.82, 2.24) is 10.2 Å². The number of nitrogens with zero attached hydrogens (tertiary/aromatic N) is 1. The molecule has 1 aromatic rings. The number of imide groups is 1. The Labute approximate surface area is 173 Å². The number of hydrogen-bond acceptors (Lipinski definition) is 5. The highest BCUT2D eigenvalue weighted by atomic mass is 35.5. The molecule has 1 spiro atoms. The summed E-state index contributed by atoms with van der Waals surface area (Å²) in [6.07, 6.45) is 0.915. The van der Waals surface area contributed by atoms with E-state index in [1.165, 1.54) is 4.90 Å². The van der Waals surface area contributed by atoms with Crippen molar-refractivity contribution in [2.24, 2.45) is 17.6 Å². The molecule has 8 nitrogen and oxygen atoms in total. The summed E-state index contributed by atoms with van der Waals surface area (Å²) in [6.45, 7) is 3.71. The maximum absolute atomic E-state index is 13.4. The molecule has 3 aliphatic heterocycles. The zero-order valence-corrected chi connectivity index (χ0v) is 17.0. The van der Waals surface area contributed by atoms with Gasteiger partial charge in [-0.15, -0.1) is 0 Å². The van der Waals surface area contributed by atoms with E-state index in [0.29, 0.717) is 22.7 Å². The Hall–Kier alpha value is -2.45. The predicted molar refractivity (Wildman–Crippen MR) is 106 cm³/mol. The van der Waals surface area contributed by atoms with E-state index in [9.17, 15) is 19.2 Å². The van der Waals surface area contributed by atoms with Gasteiger partial charge in [0.1, 0.15) is 5.54 Å². The minimum absolute atomic E-state index is 0.0474. The highest BCUT2D eigenvalue weighted by Crippen LogP contribution is 2.54. The molecule has 29 heavy (non-hydrogen) atoms. The number of anilines is 1. The van der Waals surface area contributed by atoms with E-state index in [0.717, 1.165) is 0 Å². The lowest BCUT2D eigenvalue weighted by atomic mass is 9.76. The van der Waals surface area contributed by atoms with Gasteiger partial charge in [-0.05, 0) is 25.8 Å². The number of para-hydroxylation sites is 1. The number of hydrogen-bond donors (Lipinski definition) is 3. The highest BCUT2D eigenvalue weighted by Gasteiger charge is 2.70. The van der Waals surface area contributed by atoms with Gasteiger partial charge in [-0.1, -0.05) is 30.7 Å². The molecule has 2 saturated heterocycles. The first kappa shape index (κ1) is 19.8. The lowest BCUT2D eigenvalue weighted by Crippen LogP contribution is -2.54. The Balaban J connectivity index is 1.86. The molecule has 0 radical (unpaired) electrons. The summed E-state index contributed by atoms with van der Waals surface area (Å²) < 4.78 is 0. The minimum atomic E-state index is -1.40. The van der Waals surface area contributed by atoms with Crippen LogP contribution in [0.25, 0.3) is 0 Å². The number of nitrogens with two attached hydrogens (primary N) is 1. The van der Waals surface area contributed by atoms with Crippen molar-refractivity contribution in [2.45, 2.75) is 50.7 Å². The molecule has 0 aromatic heterocycles. The summed E-state index contributed by atoms with van der Waals surface area (Å²) in [5, 5.41) is 6.39. The predicted octanol–water partition coefficient (Wildman–Crippen LogP) is 1.12. The summed E-state index contributed by atoms with van der Waals surface area (Å²) in [7, 11) is 0. The summed E-state index contributed by atoms with van der Waals surface area (Å²) >= 11 is 6.28. The molecule has 2 fully saturated rings. The molecule has 1 aromatic carbocycles. The first-order valence-electron chi connectivity index (χ1n) is 9.77. The van der Waals surface area contributed by atoms with Gasteiger partial charge in [0.25, 0.3) is 0 Å². The summed E-state index contributed by atoms with van der Waals surface area (Å²) in [5.74, 6) is -3.24. The average Bonchev–Trinajstić information content (AvgIpc) is 3.26. The average molecular weight is 419 g/mol. The van der Waals surface area contributed by atoms with Crippen LogP contribution in [0.15, 0.2) is 18.2 Å². The zero-order valence-electron chi connectivity index (χ0n) is 16.2. The van der Waals surface area contributed by atoms with Crippen molar-refractivity contribution in [3.8, 4) is 0 Å². The van der Waals surface area contributed by atoms with Crippen LogP contribution in [0.1, 0.15) is 38.7 Å². The number of rotatable bonds is 5. The Morgan fingerprint density at radius 3 is 2.69 bits per heavy atom. The van der Waals surface area contributed by atoms with Crippen LogP contribution in [0.4, 0.5) is 5.69 Å². The summed E-state index contributed by atoms with van der Waals surface area (Å²) in [4.78, 5) is 52.6. The van der Waals surface area contributed by atoms with Crippen molar-refractivity contribution in [3.63, 3.8) is 0 Å². The molecule has 0 bridgehead atoms. The fraction of sp³-hybridized carbons (Fsp3) is 0.500. The topological polar surface area (TPSA) is 122 Å². The molecule has 0 aliphatic carbocycles. The summed E-state index contributed by atoms with van der Waals surface area (Å²) in [6, 6.07) is 4.30. The minimum Gasteiger partial charge on any atom is -0.370 e. The molecular weight excluding hydrogens is 396 g/mol. The smallest absolute Gasteiger partial charge is 0.250 e. The maximum atomic E-state index is 13.4. The Morgan fingerprint density at radius 1 is 1.31 bits per heavy atom. The Kier molecular flexibility index (Phi) is 4.66. The van der Waals surface area contributed by atoms with Crippen molar-refractivity contribution in [3.05, 3.63) is 28.8 Å². The number of benzene rings is 1. The van der Waals surface area contributed by atoms with Crippen molar-refractivity contribution in [1.29, 1.82) is 0 Å². The van der Waals surface area contributed by atoms with E-state index < -0.39 is 35.2 Å². The van der Waals surface area contributed by atoms with E-state index in [4.69, 9.17) is 17.3 Å². The second-order valence-electron chi connectivity index (χ2n) is 7.99. The first-order valence-corrected chi connectivity index (χ1v) is 10.1. The summed E-state index contributed by atoms with van der Waals surface area (Å²) in [5.41, 5.74) is 4.91. The maximum Gasteiger partial charge on any atom is 0.250 e. The Morgan fingerprint density at radius 2 is 2.03 bits per heavy atom. The van der Waals surface area contributed by atoms with E-state index in [2.05, 4.69) is 10.6 Å². The number of likely N-dealkylation sites (tertiary alicyclic amines) is 1. The molecule has 4 N–H and O–H groups in total. The van der Waals surface area contributed by atoms with E-state index in [1.807, 2.05) is 13.8 Å². The van der Waals surface area contributed by atoms with Crippen LogP contribution in [0, 0.1) is 11.8 Å². The fourth-order valence-electron chi connectivity index (χ4n) is 4.98. The molecule has 0 saturated carbocycles. The third kappa shape index (κ3) is 2.62. The van der Waals surface area contributed by atoms with Crippen LogP contribution in [0.3, 0.4) is 0 Å². The van der Waals surface area contributed by atoms with Gasteiger partial charge in [0, 0.05) is 24.1 Å². The fourth-order valence-corrected chi connectivity index (χ4v) is 5.20. The lowest BCUT2D eigenvalue weighted by molar-refractivity contribution is -0.145. The third-order valence-corrected chi connectivity index (χ3v) is 6.78. The molecule has 3 aliphatic rings. The highest BCUT2D eigenvalue weighted by molar-refractivity contribution is 6.35. The SMILES string of the molecule is CC[C@H](C)N1C(=O)[C@H]2[C@@H](C1=O)[C@]1(N[C@@H]2CCC(N)=O)C(=O)Nc2c(Cl)cccc21. The molecular formula is C20H23ClN4O4. The first-order chi connectivity index (χ1) is 13.7. The van der Waals surface area contributed by atoms with Crippen LogP contribution in [0.5, 0.6) is 0 Å². The third-order valence-electron chi connectivity index (χ3n) is 6.47. The zero-order chi connectivity index (χ0) is 21.1. The standard InChI is InChI=1S/C20H23ClN4O4/c1-3-9(2)25-17(27)14-12(7-8-13(22)26)24-20(15(14)18(25)28)10-5-4-6-11(21)16(10)23-19(20)29/h4-6,9,12,14-15,24H,3,7-8H2,1-2H3,(H2,22,26)(H,23,29)/t9-,12+,14+,15-,20-/m0/s1. The quantitative estimate of drug-likeness (QED) is 0.618. The second-order valence-corrected chi connectivity index (χ2v) is 8.39. The monoisotopic (exact) mass is 418 g/mol. The largest absolute Gasteiger partial charge is 0.370 e. The normalized spacial score (nSPS) is 31.2. The van der Waals surface area contributed by atoms with Crippen molar-refractivity contribution >= 4 is 40.9 Å². The molecule has 4 amide bonds. The molecule has 9 heteroatoms. The van der Waals surface area contributed by atoms with Gasteiger partial charge in [-0.2, -0.15) is 0 Å². The molecule has 3 heterocycles. The molecule has 4 rings (SSSR count). The number of carbonyl (C=O) groups excluding carboxylic acids is 4. The van der Waals surface area contributed by atoms with Gasteiger partial charge in [-0.25, -0.2) is 0 Å². The van der Waals surface area contributed by atoms with Gasteiger partial charge in [-0.3, -0.25) is 29.4 Å². The molecule has 154 valence electrons. The number of nitrogens with one attached hydrogen (secondary N) is 2. The van der Waals surface area contributed by atoms with Gasteiger partial charge < -0.3 is 11.1 Å². The molecule has 5 atom stereocenters. The molecule has 0 unspecified atom stereocenters. The van der Waals surface area contributed by atoms with Gasteiger partial charge >= 0.3 is 0 Å². The van der Waals surface area contributed by atoms with Gasteiger partial charge in [0.05, 0.1) is 22.5 Å². The van der Waals surface area contributed by atoms with Crippen LogP contribution < -0.4 is 16.4 Å². The van der Waals surface area contributed by atoms with E-state index in [1.54, 1.807) is 18.2 Å². The van der Waals surface area contributed by atoms with Crippen molar-refractivity contribution < 1.29 is 19.2 Å². The van der Waals surface area contributed by atoms with E-state index in [-0.39, 0.29) is 30.7 Å². The van der Waals surface area contributed by atoms with Gasteiger partial charge in [0.2, 0.25) is 23.6 Å². The Bertz CT molecular complexity index is 935. The van der Waals surface area contributed by atoms with Crippen molar-refractivity contribution in [2.75, 3.05) is 5.32 Å². The number of primary amides is 1.